The topological polar surface area (TPSA) is 493 Å². The first kappa shape index (κ1) is 101. The maximum atomic E-state index is 14.5. The molecule has 0 aliphatic rings. The number of halogens is 10. The number of fused-ring (bicyclic) bond motifs is 5. The summed E-state index contributed by atoms with van der Waals surface area (Å²) in [6.45, 7) is 10.8. The number of amides is 1. The summed E-state index contributed by atoms with van der Waals surface area (Å²) in [4.78, 5) is 117. The molecule has 15 aromatic heterocycles. The number of pyridine rings is 2. The van der Waals surface area contributed by atoms with Gasteiger partial charge in [-0.2, -0.15) is 0 Å². The van der Waals surface area contributed by atoms with Crippen LogP contribution in [0.4, 0.5) is 51.0 Å². The van der Waals surface area contributed by atoms with Crippen LogP contribution in [0.3, 0.4) is 0 Å². The predicted molar refractivity (Wildman–Crippen MR) is 544 cm³/mol. The molecule has 0 aliphatic heterocycles. The van der Waals surface area contributed by atoms with Gasteiger partial charge in [-0.15, -0.1) is 0 Å². The van der Waals surface area contributed by atoms with Crippen molar-refractivity contribution in [1.29, 1.82) is 0 Å². The van der Waals surface area contributed by atoms with Crippen LogP contribution in [0.25, 0.3) is 112 Å². The monoisotopic (exact) mass is 2060 g/mol. The van der Waals surface area contributed by atoms with Crippen molar-refractivity contribution in [3.8, 4) is 73.9 Å². The number of aromatic hydroxyl groups is 1. The zero-order valence-electron chi connectivity index (χ0n) is 77.5. The van der Waals surface area contributed by atoms with Gasteiger partial charge in [-0.3, -0.25) is 4.79 Å². The van der Waals surface area contributed by atoms with Gasteiger partial charge in [0.25, 0.3) is 5.91 Å². The second kappa shape index (κ2) is 45.4. The fraction of sp³-hybridized carbons (Fsp3) is 0.152. The molecule has 5 atom stereocenters. The number of phenols is 1. The fourth-order valence-electron chi connectivity index (χ4n) is 14.7. The second-order valence-electron chi connectivity index (χ2n) is 32.5. The number of hydrogen-bond acceptors (Lipinski definition) is 29. The molecule has 0 unspecified atom stereocenters. The summed E-state index contributed by atoms with van der Waals surface area (Å²) in [5.74, 6) is -0.828. The highest BCUT2D eigenvalue weighted by Gasteiger charge is 2.26. The molecule has 0 saturated carbocycles. The van der Waals surface area contributed by atoms with Gasteiger partial charge in [0.15, 0.2) is 80.6 Å². The van der Waals surface area contributed by atoms with Gasteiger partial charge in [-0.05, 0) is 161 Å². The lowest BCUT2D eigenvalue weighted by Crippen LogP contribution is -2.19. The highest BCUT2D eigenvalue weighted by atomic mass is 35.5. The van der Waals surface area contributed by atoms with E-state index in [9.17, 15) is 41.8 Å². The van der Waals surface area contributed by atoms with Crippen molar-refractivity contribution in [2.75, 3.05) is 60.9 Å². The molecule has 145 heavy (non-hydrogen) atoms. The van der Waals surface area contributed by atoms with E-state index in [2.05, 4.69) is 146 Å². The molecule has 15 heterocycles. The third kappa shape index (κ3) is 24.7. The Morgan fingerprint density at radius 1 is 0.379 bits per heavy atom. The van der Waals surface area contributed by atoms with Crippen LogP contribution < -0.4 is 41.8 Å². The maximum Gasteiger partial charge on any atom is 0.339 e. The predicted octanol–water partition coefficient (Wildman–Crippen LogP) is 21.6. The first-order chi connectivity index (χ1) is 69.8. The van der Waals surface area contributed by atoms with E-state index >= 15 is 0 Å². The lowest BCUT2D eigenvalue weighted by molar-refractivity contribution is 0.0697. The number of nitrogens with two attached hydrogens (primary N) is 1. The summed E-state index contributed by atoms with van der Waals surface area (Å²) in [5.41, 5.74) is 19.6. The number of methoxy groups -OCH3 is 1. The average molecular weight is 2060 g/mol. The van der Waals surface area contributed by atoms with Crippen LogP contribution in [0.15, 0.2) is 226 Å². The van der Waals surface area contributed by atoms with E-state index in [-0.39, 0.29) is 114 Å². The fourth-order valence-corrected chi connectivity index (χ4v) is 15.4. The third-order valence-electron chi connectivity index (χ3n) is 22.2. The number of phenolic OH excluding ortho intramolecular Hbond substituents is 1. The van der Waals surface area contributed by atoms with Crippen molar-refractivity contribution < 1.29 is 51.2 Å². The number of primary amides is 1. The number of aromatic carboxylic acids is 1. The summed E-state index contributed by atoms with van der Waals surface area (Å²) in [6.07, 6.45) is 19.0. The largest absolute Gasteiger partial charge is 0.508 e. The van der Waals surface area contributed by atoms with Gasteiger partial charge in [0.2, 0.25) is 0 Å². The Labute approximate surface area is 845 Å². The van der Waals surface area contributed by atoms with Crippen LogP contribution in [0.2, 0.25) is 25.8 Å². The van der Waals surface area contributed by atoms with Crippen molar-refractivity contribution >= 4 is 155 Å². The van der Waals surface area contributed by atoms with Crippen molar-refractivity contribution in [1.82, 2.24) is 120 Å². The van der Waals surface area contributed by atoms with Crippen LogP contribution in [0.1, 0.15) is 113 Å². The molecular formula is C99H84Cl5F5N30O6. The molecule has 0 saturated heterocycles. The highest BCUT2D eigenvalue weighted by Crippen LogP contribution is 2.38. The minimum atomic E-state index is -1.11. The number of anilines is 5. The van der Waals surface area contributed by atoms with Gasteiger partial charge in [0.1, 0.15) is 106 Å². The zero-order chi connectivity index (χ0) is 102. The molecule has 736 valence electrons. The minimum Gasteiger partial charge on any atom is -0.508 e. The number of nitrogens with one attached hydrogen (secondary N) is 10. The standard InChI is InChI=1S/C22H23ClFN7O.C20H16ClFN6O.C20H15ClFN5O2.C19H16ClFN6O.C18H14ClFN6O/c1-13(14-5-4-6-15(9-14)32-8-7-31(2)3)28-21-17(24)11-26-20(30-21)16-10-25-22-19(16)29-18(23)12-27-22;1-10(11-2-4-12(22)5-3-11)26-19-13(18(23)29)6-7-15(27-19)14-8-24-20-17(14)28-16(21)9-25-20;1-10(11-2-4-12(22)5-3-11)25-18-13(20(28)29)6-7-15(26-18)14-8-23-19-17(14)27-16(21)9-24-19;1-10(11-4-3-5-12(6-11)28-2)25-18-14(21)8-23-17(27-18)13-7-22-19-16(13)26-15(20)9-24-19;1-9(10-3-2-4-11(27)5-10)24-17-13(20)7-22-16(26-17)12-6-21-18-15(12)25-14(19)8-23-18/h4-6,9-13H,7-8H2,1-3H3,(H,25,27)(H,26,28,30);2-10H,1H3,(H2,23,29)(H,24,25)(H,26,27);2-10H,1H3,(H,23,24)(H,25,26)(H,28,29);3-10H,1-2H3,(H,22,24)(H,23,25,27);2-9,27H,1H3,(H,21,23)(H,22,24,26)/t13-;3*10-;9-/m00000/s1. The minimum absolute atomic E-state index is 0.0201. The smallest absolute Gasteiger partial charge is 0.339 e. The van der Waals surface area contributed by atoms with Gasteiger partial charge in [0.05, 0.1) is 108 Å². The van der Waals surface area contributed by atoms with Crippen molar-refractivity contribution in [3.05, 3.63) is 320 Å². The summed E-state index contributed by atoms with van der Waals surface area (Å²) in [7, 11) is 5.59. The highest BCUT2D eigenvalue weighted by molar-refractivity contribution is 6.31. The molecule has 20 aromatic rings. The quantitative estimate of drug-likeness (QED) is 0.0213. The number of carboxylic acid groups (broad SMARTS) is 1. The van der Waals surface area contributed by atoms with Crippen LogP contribution in [-0.2, 0) is 0 Å². The summed E-state index contributed by atoms with van der Waals surface area (Å²) in [5, 5.41) is 35.9. The van der Waals surface area contributed by atoms with Crippen LogP contribution >= 0.6 is 58.0 Å². The van der Waals surface area contributed by atoms with Crippen LogP contribution in [-0.4, -0.2) is 176 Å². The maximum absolute atomic E-state index is 14.5. The molecule has 0 radical (unpaired) electrons. The molecule has 0 bridgehead atoms. The Kier molecular flexibility index (Phi) is 31.6. The lowest BCUT2D eigenvalue weighted by Gasteiger charge is -2.17. The number of aromatic amines is 5. The normalized spacial score (nSPS) is 12.2. The number of benzene rings is 5. The molecule has 46 heteroatoms. The van der Waals surface area contributed by atoms with Gasteiger partial charge in [-0.1, -0.05) is 119 Å². The second-order valence-corrected chi connectivity index (χ2v) is 34.5. The third-order valence-corrected chi connectivity index (χ3v) is 23.1. The van der Waals surface area contributed by atoms with Gasteiger partial charge < -0.3 is 81.8 Å². The van der Waals surface area contributed by atoms with Crippen molar-refractivity contribution in [2.45, 2.75) is 64.8 Å². The Bertz CT molecular complexity index is 7900. The van der Waals surface area contributed by atoms with Crippen molar-refractivity contribution in [2.24, 2.45) is 5.73 Å². The molecule has 0 aliphatic carbocycles. The Hall–Kier alpha value is -16.9. The summed E-state index contributed by atoms with van der Waals surface area (Å²) < 4.78 is 80.5. The van der Waals surface area contributed by atoms with E-state index in [1.807, 2.05) is 103 Å². The first-order valence-corrected chi connectivity index (χ1v) is 46.0. The Morgan fingerprint density at radius 3 is 1.05 bits per heavy atom. The SMILES string of the molecule is COc1cccc([C@H](C)Nc2nc(-c3c[nH]c4ncc(Cl)nc34)ncc2F)c1.C[C@H](Nc1nc(-c2c[nH]c3ncc(Cl)nc23)ccc1C(=O)O)c1ccc(F)cc1.C[C@H](Nc1nc(-c2c[nH]c3ncc(Cl)nc23)ccc1C(N)=O)c1ccc(F)cc1.C[C@H](Nc1nc(-c2c[nH]c3ncc(Cl)nc23)ncc1F)c1cccc(O)c1.C[C@H](Nc1nc(-c2c[nH]c3ncc(Cl)nc23)ncc1F)c1cccc(OCCN(C)C)c1. The van der Waals surface area contributed by atoms with E-state index in [1.165, 1.54) is 61.3 Å². The van der Waals surface area contributed by atoms with Gasteiger partial charge in [-0.25, -0.2) is 116 Å². The molecule has 14 N–H and O–H groups in total. The van der Waals surface area contributed by atoms with Gasteiger partial charge in [0, 0.05) is 60.7 Å². The number of carbonyl (C=O) groups excluding carboxylic acids is 1. The molecule has 0 fully saturated rings. The lowest BCUT2D eigenvalue weighted by atomic mass is 10.1. The number of ether oxygens (including phenoxy) is 2. The number of rotatable bonds is 27. The zero-order valence-corrected chi connectivity index (χ0v) is 81.3. The van der Waals surface area contributed by atoms with E-state index in [0.29, 0.717) is 119 Å². The summed E-state index contributed by atoms with van der Waals surface area (Å²) in [6, 6.07) is 39.1. The molecule has 5 aromatic carbocycles. The van der Waals surface area contributed by atoms with E-state index in [0.717, 1.165) is 64.5 Å². The van der Waals surface area contributed by atoms with E-state index in [1.54, 1.807) is 98.8 Å². The van der Waals surface area contributed by atoms with E-state index < -0.39 is 29.3 Å². The number of likely N-dealkylation sites (N-methyl/N-ethyl adjacent to an activating group) is 1. The molecule has 0 spiro atoms. The van der Waals surface area contributed by atoms with Crippen LogP contribution in [0.5, 0.6) is 17.2 Å². The van der Waals surface area contributed by atoms with Crippen molar-refractivity contribution in [3.63, 3.8) is 0 Å². The Balaban J connectivity index is 0.000000130. The average Bonchev–Trinajstić information content (AvgIpc) is 1.67. The first-order valence-electron chi connectivity index (χ1n) is 44.1. The molecule has 36 nitrogen and oxygen atoms in total. The Morgan fingerprint density at radius 2 is 0.697 bits per heavy atom. The van der Waals surface area contributed by atoms with Crippen LogP contribution in [0, 0.1) is 29.1 Å². The number of nitrogens with zero attached hydrogens (tertiary/aromatic N) is 19. The van der Waals surface area contributed by atoms with Gasteiger partial charge >= 0.3 is 5.97 Å². The molecule has 20 rings (SSSR count). The number of hydrogen-bond donors (Lipinski definition) is 13. The molecular weight excluding hydrogens is 1980 g/mol. The number of aromatic nitrogens is 23. The van der Waals surface area contributed by atoms with E-state index in [4.69, 9.17) is 73.2 Å². The number of H-pyrrole nitrogens is 5. The number of carbonyl (C=O) groups is 2. The number of carboxylic acids is 1. The summed E-state index contributed by atoms with van der Waals surface area (Å²) >= 11 is 29.8. The molecule has 1 amide bonds.